The molecular formula is C23H23FN2O5S. The van der Waals surface area contributed by atoms with Crippen LogP contribution in [0.15, 0.2) is 77.7 Å². The molecule has 0 spiro atoms. The number of sulfonamides is 1. The summed E-state index contributed by atoms with van der Waals surface area (Å²) in [6.45, 7) is -0.614. The third-order valence-electron chi connectivity index (χ3n) is 4.64. The highest BCUT2D eigenvalue weighted by Crippen LogP contribution is 2.30. The second-order valence-electron chi connectivity index (χ2n) is 6.81. The van der Waals surface area contributed by atoms with Gasteiger partial charge in [-0.1, -0.05) is 42.5 Å². The second-order valence-corrected chi connectivity index (χ2v) is 8.71. The number of ether oxygens (including phenoxy) is 2. The number of nitrogens with one attached hydrogen (secondary N) is 1. The molecule has 3 rings (SSSR count). The maximum Gasteiger partial charge on any atom is 0.246 e. The monoisotopic (exact) mass is 458 g/mol. The van der Waals surface area contributed by atoms with Crippen molar-refractivity contribution in [1.29, 1.82) is 0 Å². The van der Waals surface area contributed by atoms with E-state index in [1.807, 2.05) is 0 Å². The van der Waals surface area contributed by atoms with E-state index < -0.39 is 33.2 Å². The Bertz CT molecular complexity index is 1190. The van der Waals surface area contributed by atoms with Crippen molar-refractivity contribution in [2.45, 2.75) is 11.4 Å². The maximum atomic E-state index is 14.3. The van der Waals surface area contributed by atoms with Crippen molar-refractivity contribution in [3.8, 4) is 11.5 Å². The molecule has 0 aliphatic heterocycles. The lowest BCUT2D eigenvalue weighted by atomic mass is 10.2. The van der Waals surface area contributed by atoms with Crippen molar-refractivity contribution < 1.29 is 27.1 Å². The summed E-state index contributed by atoms with van der Waals surface area (Å²) in [5.41, 5.74) is 1.06. The van der Waals surface area contributed by atoms with Gasteiger partial charge in [0.2, 0.25) is 15.9 Å². The Kier molecular flexibility index (Phi) is 7.45. The van der Waals surface area contributed by atoms with Crippen molar-refractivity contribution in [2.24, 2.45) is 0 Å². The van der Waals surface area contributed by atoms with Crippen LogP contribution in [0.3, 0.4) is 0 Å². The normalized spacial score (nSPS) is 11.2. The van der Waals surface area contributed by atoms with Gasteiger partial charge in [-0.15, -0.1) is 0 Å². The average Bonchev–Trinajstić information content (AvgIpc) is 2.79. The van der Waals surface area contributed by atoms with E-state index >= 15 is 0 Å². The van der Waals surface area contributed by atoms with Gasteiger partial charge in [-0.05, 0) is 29.8 Å². The minimum Gasteiger partial charge on any atom is -0.493 e. The average molecular weight is 459 g/mol. The maximum absolute atomic E-state index is 14.3. The van der Waals surface area contributed by atoms with Crippen molar-refractivity contribution in [3.05, 3.63) is 84.2 Å². The molecule has 1 N–H and O–H groups in total. The van der Waals surface area contributed by atoms with E-state index in [4.69, 9.17) is 9.47 Å². The van der Waals surface area contributed by atoms with Gasteiger partial charge in [-0.2, -0.15) is 4.31 Å². The molecule has 0 fully saturated rings. The molecule has 0 radical (unpaired) electrons. The molecule has 9 heteroatoms. The minimum absolute atomic E-state index is 0.100. The number of hydrogen-bond donors (Lipinski definition) is 1. The Morgan fingerprint density at radius 1 is 0.938 bits per heavy atom. The van der Waals surface area contributed by atoms with Crippen LogP contribution in [-0.4, -0.2) is 39.4 Å². The summed E-state index contributed by atoms with van der Waals surface area (Å²) in [6.07, 6.45) is 0. The van der Waals surface area contributed by atoms with Gasteiger partial charge in [0.1, 0.15) is 10.7 Å². The Labute approximate surface area is 186 Å². The Morgan fingerprint density at radius 2 is 1.59 bits per heavy atom. The quantitative estimate of drug-likeness (QED) is 0.529. The van der Waals surface area contributed by atoms with Gasteiger partial charge in [-0.3, -0.25) is 4.79 Å². The Hall–Kier alpha value is -3.43. The summed E-state index contributed by atoms with van der Waals surface area (Å²) >= 11 is 0. The lowest BCUT2D eigenvalue weighted by Gasteiger charge is -2.22. The van der Waals surface area contributed by atoms with Crippen molar-refractivity contribution in [1.82, 2.24) is 4.31 Å². The predicted molar refractivity (Wildman–Crippen MR) is 119 cm³/mol. The standard InChI is InChI=1S/C23H23FN2O5S/c1-30-20-13-12-18(14-21(20)31-2)25-23(27)16-26(15-17-8-4-3-5-9-17)32(28,29)22-11-7-6-10-19(22)24/h3-14H,15-16H2,1-2H3,(H,25,27). The number of amides is 1. The number of carbonyl (C=O) groups excluding carboxylic acids is 1. The van der Waals surface area contributed by atoms with Crippen LogP contribution in [0.4, 0.5) is 10.1 Å². The predicted octanol–water partition coefficient (Wildman–Crippen LogP) is 3.67. The van der Waals surface area contributed by atoms with Crippen LogP contribution in [0, 0.1) is 5.82 Å². The van der Waals surface area contributed by atoms with Crippen LogP contribution in [0.2, 0.25) is 0 Å². The van der Waals surface area contributed by atoms with E-state index in [-0.39, 0.29) is 6.54 Å². The topological polar surface area (TPSA) is 84.9 Å². The van der Waals surface area contributed by atoms with Crippen molar-refractivity contribution in [3.63, 3.8) is 0 Å². The minimum atomic E-state index is -4.29. The number of methoxy groups -OCH3 is 2. The van der Waals surface area contributed by atoms with Gasteiger partial charge in [0.25, 0.3) is 0 Å². The van der Waals surface area contributed by atoms with E-state index in [0.29, 0.717) is 22.7 Å². The first-order chi connectivity index (χ1) is 15.3. The molecule has 32 heavy (non-hydrogen) atoms. The van der Waals surface area contributed by atoms with Gasteiger partial charge in [0.15, 0.2) is 11.5 Å². The van der Waals surface area contributed by atoms with E-state index in [2.05, 4.69) is 5.32 Å². The zero-order chi connectivity index (χ0) is 23.1. The number of hydrogen-bond acceptors (Lipinski definition) is 5. The Morgan fingerprint density at radius 3 is 2.25 bits per heavy atom. The fraction of sp³-hybridized carbons (Fsp3) is 0.174. The first kappa shape index (κ1) is 23.2. The molecule has 0 aromatic heterocycles. The van der Waals surface area contributed by atoms with E-state index in [9.17, 15) is 17.6 Å². The lowest BCUT2D eigenvalue weighted by Crippen LogP contribution is -2.38. The van der Waals surface area contributed by atoms with Crippen molar-refractivity contribution >= 4 is 21.6 Å². The molecule has 0 saturated carbocycles. The van der Waals surface area contributed by atoms with Crippen LogP contribution in [0.25, 0.3) is 0 Å². The van der Waals surface area contributed by atoms with Crippen LogP contribution in [-0.2, 0) is 21.4 Å². The van der Waals surface area contributed by atoms with Crippen LogP contribution in [0.5, 0.6) is 11.5 Å². The molecule has 0 bridgehead atoms. The van der Waals surface area contributed by atoms with Crippen molar-refractivity contribution in [2.75, 3.05) is 26.1 Å². The molecule has 0 unspecified atom stereocenters. The number of rotatable bonds is 9. The molecule has 7 nitrogen and oxygen atoms in total. The zero-order valence-electron chi connectivity index (χ0n) is 17.6. The fourth-order valence-electron chi connectivity index (χ4n) is 3.08. The second kappa shape index (κ2) is 10.3. The summed E-state index contributed by atoms with van der Waals surface area (Å²) in [6, 6.07) is 18.6. The molecule has 3 aromatic carbocycles. The molecule has 0 aliphatic carbocycles. The van der Waals surface area contributed by atoms with Gasteiger partial charge in [-0.25, -0.2) is 12.8 Å². The van der Waals surface area contributed by atoms with Gasteiger partial charge < -0.3 is 14.8 Å². The molecular weight excluding hydrogens is 435 g/mol. The number of carbonyl (C=O) groups is 1. The third-order valence-corrected chi connectivity index (χ3v) is 6.47. The molecule has 0 heterocycles. The number of halogens is 1. The first-order valence-corrected chi connectivity index (χ1v) is 11.1. The molecule has 0 aliphatic rings. The highest BCUT2D eigenvalue weighted by Gasteiger charge is 2.29. The first-order valence-electron chi connectivity index (χ1n) is 9.65. The van der Waals surface area contributed by atoms with E-state index in [0.717, 1.165) is 10.4 Å². The summed E-state index contributed by atoms with van der Waals surface area (Å²) in [5.74, 6) is -0.581. The molecule has 168 valence electrons. The van der Waals surface area contributed by atoms with Gasteiger partial charge >= 0.3 is 0 Å². The van der Waals surface area contributed by atoms with E-state index in [1.165, 1.54) is 32.4 Å². The SMILES string of the molecule is COc1ccc(NC(=O)CN(Cc2ccccc2)S(=O)(=O)c2ccccc2F)cc1OC. The number of anilines is 1. The van der Waals surface area contributed by atoms with Gasteiger partial charge in [0, 0.05) is 18.3 Å². The summed E-state index contributed by atoms with van der Waals surface area (Å²) in [5, 5.41) is 2.65. The molecule has 0 saturated heterocycles. The summed E-state index contributed by atoms with van der Waals surface area (Å²) in [4.78, 5) is 12.3. The highest BCUT2D eigenvalue weighted by atomic mass is 32.2. The molecule has 3 aromatic rings. The third kappa shape index (κ3) is 5.43. The smallest absolute Gasteiger partial charge is 0.246 e. The Balaban J connectivity index is 1.87. The summed E-state index contributed by atoms with van der Waals surface area (Å²) < 4.78 is 52.0. The molecule has 1 amide bonds. The van der Waals surface area contributed by atoms with Gasteiger partial charge in [0.05, 0.1) is 20.8 Å². The zero-order valence-corrected chi connectivity index (χ0v) is 18.4. The molecule has 0 atom stereocenters. The van der Waals surface area contributed by atoms with Crippen LogP contribution >= 0.6 is 0 Å². The lowest BCUT2D eigenvalue weighted by molar-refractivity contribution is -0.116. The fourth-order valence-corrected chi connectivity index (χ4v) is 4.53. The van der Waals surface area contributed by atoms with E-state index in [1.54, 1.807) is 48.5 Å². The summed E-state index contributed by atoms with van der Waals surface area (Å²) in [7, 11) is -1.33. The van der Waals surface area contributed by atoms with Crippen LogP contribution in [0.1, 0.15) is 5.56 Å². The largest absolute Gasteiger partial charge is 0.493 e. The van der Waals surface area contributed by atoms with Crippen LogP contribution < -0.4 is 14.8 Å². The number of benzene rings is 3. The number of nitrogens with zero attached hydrogens (tertiary/aromatic N) is 1. The highest BCUT2D eigenvalue weighted by molar-refractivity contribution is 7.89.